The summed E-state index contributed by atoms with van der Waals surface area (Å²) >= 11 is 0. The third-order valence-corrected chi connectivity index (χ3v) is 3.48. The number of benzene rings is 2. The number of amides is 1. The van der Waals surface area contributed by atoms with Crippen molar-refractivity contribution < 1.29 is 13.6 Å². The summed E-state index contributed by atoms with van der Waals surface area (Å²) in [4.78, 5) is 12.1. The zero-order chi connectivity index (χ0) is 14.8. The standard InChI is InChI=1S/C16H14F2N2O/c17-12-5-11(6-13(18)8-12)16(21)20-14-7-10-3-1-2-4-15(10)19-9-14/h1-6,8,14,19H,7,9H2,(H,20,21). The number of hydrogen-bond acceptors (Lipinski definition) is 2. The molecule has 2 aromatic rings. The van der Waals surface area contributed by atoms with Crippen molar-refractivity contribution in [3.05, 3.63) is 65.2 Å². The molecule has 1 unspecified atom stereocenters. The number of hydrogen-bond donors (Lipinski definition) is 2. The summed E-state index contributed by atoms with van der Waals surface area (Å²) in [5.41, 5.74) is 2.16. The minimum atomic E-state index is -0.757. The zero-order valence-electron chi connectivity index (χ0n) is 11.2. The van der Waals surface area contributed by atoms with Crippen LogP contribution in [0, 0.1) is 11.6 Å². The van der Waals surface area contributed by atoms with Gasteiger partial charge in [0.25, 0.3) is 5.91 Å². The van der Waals surface area contributed by atoms with E-state index in [1.165, 1.54) is 0 Å². The Morgan fingerprint density at radius 1 is 1.14 bits per heavy atom. The van der Waals surface area contributed by atoms with Gasteiger partial charge in [-0.1, -0.05) is 18.2 Å². The van der Waals surface area contributed by atoms with E-state index in [0.717, 1.165) is 29.4 Å². The SMILES string of the molecule is O=C(NC1CNc2ccccc2C1)c1cc(F)cc(F)c1. The van der Waals surface area contributed by atoms with Crippen molar-refractivity contribution >= 4 is 11.6 Å². The van der Waals surface area contributed by atoms with Crippen molar-refractivity contribution in [1.29, 1.82) is 0 Å². The summed E-state index contributed by atoms with van der Waals surface area (Å²) in [6.45, 7) is 0.584. The molecule has 108 valence electrons. The molecule has 3 nitrogen and oxygen atoms in total. The summed E-state index contributed by atoms with van der Waals surface area (Å²) in [6, 6.07) is 10.5. The molecule has 0 aliphatic carbocycles. The van der Waals surface area contributed by atoms with E-state index in [1.54, 1.807) is 0 Å². The fourth-order valence-electron chi connectivity index (χ4n) is 2.50. The average Bonchev–Trinajstić information content (AvgIpc) is 2.46. The first kappa shape index (κ1) is 13.5. The Morgan fingerprint density at radius 2 is 1.86 bits per heavy atom. The van der Waals surface area contributed by atoms with Crippen molar-refractivity contribution in [2.45, 2.75) is 12.5 Å². The van der Waals surface area contributed by atoms with E-state index < -0.39 is 17.5 Å². The summed E-state index contributed by atoms with van der Waals surface area (Å²) < 4.78 is 26.3. The number of halogens is 2. The van der Waals surface area contributed by atoms with Gasteiger partial charge in [-0.15, -0.1) is 0 Å². The summed E-state index contributed by atoms with van der Waals surface area (Å²) in [5, 5.41) is 6.03. The molecule has 5 heteroatoms. The van der Waals surface area contributed by atoms with Gasteiger partial charge in [0, 0.05) is 23.9 Å². The van der Waals surface area contributed by atoms with Crippen LogP contribution in [0.2, 0.25) is 0 Å². The number of carbonyl (C=O) groups excluding carboxylic acids is 1. The van der Waals surface area contributed by atoms with Gasteiger partial charge in [0.15, 0.2) is 0 Å². The Balaban J connectivity index is 1.71. The second kappa shape index (κ2) is 5.52. The van der Waals surface area contributed by atoms with E-state index in [-0.39, 0.29) is 11.6 Å². The molecular formula is C16H14F2N2O. The average molecular weight is 288 g/mol. The number of fused-ring (bicyclic) bond motifs is 1. The highest BCUT2D eigenvalue weighted by atomic mass is 19.1. The third-order valence-electron chi connectivity index (χ3n) is 3.48. The van der Waals surface area contributed by atoms with Crippen LogP contribution in [0.4, 0.5) is 14.5 Å². The number of anilines is 1. The van der Waals surface area contributed by atoms with E-state index in [4.69, 9.17) is 0 Å². The van der Waals surface area contributed by atoms with Gasteiger partial charge in [0.05, 0.1) is 6.04 Å². The second-order valence-electron chi connectivity index (χ2n) is 5.07. The van der Waals surface area contributed by atoms with Crippen LogP contribution in [-0.2, 0) is 6.42 Å². The highest BCUT2D eigenvalue weighted by Crippen LogP contribution is 2.21. The smallest absolute Gasteiger partial charge is 0.251 e. The van der Waals surface area contributed by atoms with Gasteiger partial charge in [-0.05, 0) is 30.2 Å². The van der Waals surface area contributed by atoms with Gasteiger partial charge < -0.3 is 10.6 Å². The predicted octanol–water partition coefficient (Wildman–Crippen LogP) is 2.73. The monoisotopic (exact) mass is 288 g/mol. The molecule has 3 rings (SSSR count). The molecule has 1 aliphatic rings. The van der Waals surface area contributed by atoms with Crippen molar-refractivity contribution in [1.82, 2.24) is 5.32 Å². The molecule has 2 aromatic carbocycles. The van der Waals surface area contributed by atoms with Crippen LogP contribution in [0.15, 0.2) is 42.5 Å². The molecule has 0 saturated heterocycles. The molecule has 1 atom stereocenters. The molecule has 1 heterocycles. The van der Waals surface area contributed by atoms with Gasteiger partial charge >= 0.3 is 0 Å². The van der Waals surface area contributed by atoms with E-state index in [2.05, 4.69) is 10.6 Å². The predicted molar refractivity (Wildman–Crippen MR) is 76.2 cm³/mol. The van der Waals surface area contributed by atoms with Gasteiger partial charge in [-0.3, -0.25) is 4.79 Å². The fourth-order valence-corrected chi connectivity index (χ4v) is 2.50. The molecular weight excluding hydrogens is 274 g/mol. The molecule has 21 heavy (non-hydrogen) atoms. The lowest BCUT2D eigenvalue weighted by atomic mass is 9.99. The van der Waals surface area contributed by atoms with Crippen LogP contribution >= 0.6 is 0 Å². The Bertz CT molecular complexity index is 667. The highest BCUT2D eigenvalue weighted by Gasteiger charge is 2.20. The summed E-state index contributed by atoms with van der Waals surface area (Å²) in [6.07, 6.45) is 0.687. The lowest BCUT2D eigenvalue weighted by Crippen LogP contribution is -2.43. The molecule has 0 radical (unpaired) electrons. The number of nitrogens with one attached hydrogen (secondary N) is 2. The van der Waals surface area contributed by atoms with Crippen LogP contribution in [0.1, 0.15) is 15.9 Å². The first-order chi connectivity index (χ1) is 10.1. The summed E-state index contributed by atoms with van der Waals surface area (Å²) in [5.74, 6) is -1.99. The van der Waals surface area contributed by atoms with Crippen LogP contribution in [0.25, 0.3) is 0 Å². The first-order valence-electron chi connectivity index (χ1n) is 6.70. The maximum absolute atomic E-state index is 13.1. The lowest BCUT2D eigenvalue weighted by molar-refractivity contribution is 0.0937. The maximum atomic E-state index is 13.1. The Labute approximate surface area is 121 Å². The highest BCUT2D eigenvalue weighted by molar-refractivity contribution is 5.94. The fraction of sp³-hybridized carbons (Fsp3) is 0.188. The van der Waals surface area contributed by atoms with Gasteiger partial charge in [-0.25, -0.2) is 8.78 Å². The van der Waals surface area contributed by atoms with E-state index in [0.29, 0.717) is 13.0 Å². The van der Waals surface area contributed by atoms with E-state index >= 15 is 0 Å². The van der Waals surface area contributed by atoms with Crippen molar-refractivity contribution in [2.24, 2.45) is 0 Å². The minimum absolute atomic E-state index is 0.00800. The van der Waals surface area contributed by atoms with E-state index in [1.807, 2.05) is 24.3 Å². The second-order valence-corrected chi connectivity index (χ2v) is 5.07. The molecule has 1 aliphatic heterocycles. The lowest BCUT2D eigenvalue weighted by Gasteiger charge is -2.26. The number of para-hydroxylation sites is 1. The molecule has 0 spiro atoms. The summed E-state index contributed by atoms with van der Waals surface area (Å²) in [7, 11) is 0. The Hall–Kier alpha value is -2.43. The van der Waals surface area contributed by atoms with Crippen molar-refractivity contribution in [3.8, 4) is 0 Å². The quantitative estimate of drug-likeness (QED) is 0.892. The van der Waals surface area contributed by atoms with Crippen molar-refractivity contribution in [2.75, 3.05) is 11.9 Å². The molecule has 2 N–H and O–H groups in total. The van der Waals surface area contributed by atoms with Crippen LogP contribution in [0.5, 0.6) is 0 Å². The van der Waals surface area contributed by atoms with E-state index in [9.17, 15) is 13.6 Å². The largest absolute Gasteiger partial charge is 0.383 e. The molecule has 0 fully saturated rings. The molecule has 1 amide bonds. The Morgan fingerprint density at radius 3 is 2.62 bits per heavy atom. The van der Waals surface area contributed by atoms with Crippen LogP contribution < -0.4 is 10.6 Å². The number of rotatable bonds is 2. The van der Waals surface area contributed by atoms with Gasteiger partial charge in [0.1, 0.15) is 11.6 Å². The molecule has 0 aromatic heterocycles. The maximum Gasteiger partial charge on any atom is 0.251 e. The first-order valence-corrected chi connectivity index (χ1v) is 6.70. The molecule has 0 saturated carbocycles. The van der Waals surface area contributed by atoms with Crippen molar-refractivity contribution in [3.63, 3.8) is 0 Å². The normalized spacial score (nSPS) is 16.8. The topological polar surface area (TPSA) is 41.1 Å². The van der Waals surface area contributed by atoms with Crippen LogP contribution in [0.3, 0.4) is 0 Å². The van der Waals surface area contributed by atoms with Gasteiger partial charge in [0.2, 0.25) is 0 Å². The molecule has 0 bridgehead atoms. The van der Waals surface area contributed by atoms with Gasteiger partial charge in [-0.2, -0.15) is 0 Å². The minimum Gasteiger partial charge on any atom is -0.383 e. The Kier molecular flexibility index (Phi) is 3.56. The zero-order valence-corrected chi connectivity index (χ0v) is 11.2. The van der Waals surface area contributed by atoms with Crippen LogP contribution in [-0.4, -0.2) is 18.5 Å². The number of carbonyl (C=O) groups is 1. The third kappa shape index (κ3) is 3.02.